The van der Waals surface area contributed by atoms with Gasteiger partial charge in [0.2, 0.25) is 0 Å². The van der Waals surface area contributed by atoms with Crippen molar-refractivity contribution in [2.75, 3.05) is 5.73 Å². The lowest BCUT2D eigenvalue weighted by atomic mass is 10.1. The van der Waals surface area contributed by atoms with Gasteiger partial charge in [0, 0.05) is 17.5 Å². The summed E-state index contributed by atoms with van der Waals surface area (Å²) in [5.74, 6) is 0.000804. The van der Waals surface area contributed by atoms with E-state index in [9.17, 15) is 4.39 Å². The average Bonchev–Trinajstić information content (AvgIpc) is 2.71. The zero-order chi connectivity index (χ0) is 12.7. The number of nitrogens with two attached hydrogens (primary N) is 1. The molecule has 3 aromatic rings. The third-order valence-electron chi connectivity index (χ3n) is 2.63. The Morgan fingerprint density at radius 1 is 1.22 bits per heavy atom. The Morgan fingerprint density at radius 3 is 2.89 bits per heavy atom. The molecule has 0 bridgehead atoms. The molecule has 0 saturated carbocycles. The summed E-state index contributed by atoms with van der Waals surface area (Å²) in [6, 6.07) is 1.66. The van der Waals surface area contributed by atoms with E-state index < -0.39 is 5.82 Å². The summed E-state index contributed by atoms with van der Waals surface area (Å²) in [7, 11) is 0. The van der Waals surface area contributed by atoms with Gasteiger partial charge in [0.15, 0.2) is 11.5 Å². The normalized spacial score (nSPS) is 11.0. The molecule has 0 aliphatic rings. The summed E-state index contributed by atoms with van der Waals surface area (Å²) in [5.41, 5.74) is 7.88. The maximum Gasteiger partial charge on any atom is 0.157 e. The van der Waals surface area contributed by atoms with Gasteiger partial charge in [0.1, 0.15) is 5.82 Å². The SMILES string of the molecule is Cc1cc(-c2cn3cc(N)nc3cn2)c(F)cn1. The van der Waals surface area contributed by atoms with Crippen molar-refractivity contribution in [2.24, 2.45) is 0 Å². The summed E-state index contributed by atoms with van der Waals surface area (Å²) < 4.78 is 15.4. The molecular weight excluding hydrogens is 233 g/mol. The van der Waals surface area contributed by atoms with Gasteiger partial charge in [-0.05, 0) is 13.0 Å². The monoisotopic (exact) mass is 243 g/mol. The first-order chi connectivity index (χ1) is 8.63. The first-order valence-corrected chi connectivity index (χ1v) is 5.36. The Kier molecular flexibility index (Phi) is 2.22. The van der Waals surface area contributed by atoms with E-state index in [1.54, 1.807) is 36.0 Å². The van der Waals surface area contributed by atoms with Crippen LogP contribution in [-0.4, -0.2) is 19.4 Å². The van der Waals surface area contributed by atoms with Gasteiger partial charge in [0.25, 0.3) is 0 Å². The van der Waals surface area contributed by atoms with Crippen LogP contribution in [-0.2, 0) is 0 Å². The van der Waals surface area contributed by atoms with Crippen molar-refractivity contribution >= 4 is 11.5 Å². The standard InChI is InChI=1S/C12H10FN5/c1-7-2-8(9(13)3-15-7)10-5-18-6-11(14)17-12(18)4-16-10/h2-6H,14H2,1H3. The predicted molar refractivity (Wildman–Crippen MR) is 65.3 cm³/mol. The first kappa shape index (κ1) is 10.6. The quantitative estimate of drug-likeness (QED) is 0.707. The number of anilines is 1. The van der Waals surface area contributed by atoms with Crippen LogP contribution in [0.15, 0.2) is 30.9 Å². The molecule has 90 valence electrons. The zero-order valence-electron chi connectivity index (χ0n) is 9.63. The van der Waals surface area contributed by atoms with Gasteiger partial charge in [-0.1, -0.05) is 0 Å². The molecule has 3 aromatic heterocycles. The van der Waals surface area contributed by atoms with Gasteiger partial charge in [-0.25, -0.2) is 9.37 Å². The molecule has 0 aliphatic heterocycles. The van der Waals surface area contributed by atoms with Crippen molar-refractivity contribution in [2.45, 2.75) is 6.92 Å². The molecule has 0 saturated heterocycles. The maximum absolute atomic E-state index is 13.7. The fourth-order valence-electron chi connectivity index (χ4n) is 1.80. The summed E-state index contributed by atoms with van der Waals surface area (Å²) in [6.45, 7) is 1.80. The van der Waals surface area contributed by atoms with Crippen LogP contribution in [0.25, 0.3) is 16.9 Å². The van der Waals surface area contributed by atoms with E-state index in [0.29, 0.717) is 22.7 Å². The van der Waals surface area contributed by atoms with E-state index in [2.05, 4.69) is 15.0 Å². The minimum absolute atomic E-state index is 0.402. The first-order valence-electron chi connectivity index (χ1n) is 5.36. The number of pyridine rings is 1. The molecule has 0 aliphatic carbocycles. The highest BCUT2D eigenvalue weighted by Crippen LogP contribution is 2.21. The van der Waals surface area contributed by atoms with Gasteiger partial charge in [-0.2, -0.15) is 0 Å². The number of nitrogen functional groups attached to an aromatic ring is 1. The third kappa shape index (κ3) is 1.67. The maximum atomic E-state index is 13.7. The molecule has 0 fully saturated rings. The Hall–Kier alpha value is -2.50. The molecule has 5 nitrogen and oxygen atoms in total. The number of aromatic nitrogens is 4. The highest BCUT2D eigenvalue weighted by molar-refractivity contribution is 5.61. The molecule has 0 radical (unpaired) electrons. The lowest BCUT2D eigenvalue weighted by molar-refractivity contribution is 0.623. The lowest BCUT2D eigenvalue weighted by Crippen LogP contribution is -1.94. The minimum Gasteiger partial charge on any atom is -0.382 e. The van der Waals surface area contributed by atoms with Crippen LogP contribution in [0.5, 0.6) is 0 Å². The Bertz CT molecular complexity index is 734. The molecule has 0 amide bonds. The van der Waals surface area contributed by atoms with E-state index in [1.165, 1.54) is 6.20 Å². The number of fused-ring (bicyclic) bond motifs is 1. The van der Waals surface area contributed by atoms with Crippen LogP contribution < -0.4 is 5.73 Å². The highest BCUT2D eigenvalue weighted by Gasteiger charge is 2.09. The molecular formula is C12H10FN5. The van der Waals surface area contributed by atoms with E-state index in [1.807, 2.05) is 0 Å². The van der Waals surface area contributed by atoms with Gasteiger partial charge in [-0.3, -0.25) is 9.97 Å². The van der Waals surface area contributed by atoms with Crippen molar-refractivity contribution in [3.05, 3.63) is 42.4 Å². The molecule has 2 N–H and O–H groups in total. The highest BCUT2D eigenvalue weighted by atomic mass is 19.1. The lowest BCUT2D eigenvalue weighted by Gasteiger charge is -2.04. The second-order valence-electron chi connectivity index (χ2n) is 4.01. The topological polar surface area (TPSA) is 69.1 Å². The number of aryl methyl sites for hydroxylation is 1. The molecule has 3 rings (SSSR count). The molecule has 6 heteroatoms. The zero-order valence-corrected chi connectivity index (χ0v) is 9.63. The van der Waals surface area contributed by atoms with Crippen LogP contribution in [0, 0.1) is 12.7 Å². The van der Waals surface area contributed by atoms with Gasteiger partial charge in [0.05, 0.1) is 24.3 Å². The number of imidazole rings is 1. The summed E-state index contributed by atoms with van der Waals surface area (Å²) in [4.78, 5) is 12.1. The van der Waals surface area contributed by atoms with Crippen LogP contribution in [0.2, 0.25) is 0 Å². The fraction of sp³-hybridized carbons (Fsp3) is 0.0833. The van der Waals surface area contributed by atoms with Crippen molar-refractivity contribution < 1.29 is 4.39 Å². The van der Waals surface area contributed by atoms with E-state index in [4.69, 9.17) is 5.73 Å². The summed E-state index contributed by atoms with van der Waals surface area (Å²) in [5, 5.41) is 0. The molecule has 3 heterocycles. The molecule has 0 spiro atoms. The summed E-state index contributed by atoms with van der Waals surface area (Å²) >= 11 is 0. The summed E-state index contributed by atoms with van der Waals surface area (Å²) in [6.07, 6.45) is 6.10. The van der Waals surface area contributed by atoms with Crippen molar-refractivity contribution in [3.8, 4) is 11.3 Å². The Balaban J connectivity index is 2.21. The van der Waals surface area contributed by atoms with Crippen molar-refractivity contribution in [3.63, 3.8) is 0 Å². The van der Waals surface area contributed by atoms with Crippen LogP contribution in [0.3, 0.4) is 0 Å². The second kappa shape index (κ2) is 3.76. The predicted octanol–water partition coefficient (Wildman–Crippen LogP) is 1.82. The van der Waals surface area contributed by atoms with Gasteiger partial charge >= 0.3 is 0 Å². The molecule has 0 atom stereocenters. The second-order valence-corrected chi connectivity index (χ2v) is 4.01. The number of nitrogens with zero attached hydrogens (tertiary/aromatic N) is 4. The van der Waals surface area contributed by atoms with E-state index in [-0.39, 0.29) is 0 Å². The number of halogens is 1. The number of hydrogen-bond donors (Lipinski definition) is 1. The largest absolute Gasteiger partial charge is 0.382 e. The van der Waals surface area contributed by atoms with Crippen LogP contribution >= 0.6 is 0 Å². The van der Waals surface area contributed by atoms with Gasteiger partial charge in [-0.15, -0.1) is 0 Å². The third-order valence-corrected chi connectivity index (χ3v) is 2.63. The molecule has 18 heavy (non-hydrogen) atoms. The Labute approximate surface area is 102 Å². The van der Waals surface area contributed by atoms with Crippen molar-refractivity contribution in [1.82, 2.24) is 19.4 Å². The van der Waals surface area contributed by atoms with E-state index in [0.717, 1.165) is 5.69 Å². The van der Waals surface area contributed by atoms with Crippen molar-refractivity contribution in [1.29, 1.82) is 0 Å². The number of rotatable bonds is 1. The van der Waals surface area contributed by atoms with Crippen LogP contribution in [0.4, 0.5) is 10.2 Å². The fourth-order valence-corrected chi connectivity index (χ4v) is 1.80. The molecule has 0 aromatic carbocycles. The minimum atomic E-state index is -0.402. The van der Waals surface area contributed by atoms with E-state index >= 15 is 0 Å². The smallest absolute Gasteiger partial charge is 0.157 e. The molecule has 0 unspecified atom stereocenters. The average molecular weight is 243 g/mol. The van der Waals surface area contributed by atoms with Gasteiger partial charge < -0.3 is 10.1 Å². The number of hydrogen-bond acceptors (Lipinski definition) is 4. The Morgan fingerprint density at radius 2 is 2.06 bits per heavy atom. The van der Waals surface area contributed by atoms with Crippen LogP contribution in [0.1, 0.15) is 5.69 Å².